The fourth-order valence-corrected chi connectivity index (χ4v) is 3.58. The Kier molecular flexibility index (Phi) is 6.46. The molecule has 2 heterocycles. The standard InChI is InChI=1S/C17H22F2N2O3.ClH/c1-23-14-10-12(2-3-13(14)24-16(18)19)15(22)21-8-5-17(6-9-21)4-7-20-11-17;/h2-3,10,16,20H,4-9,11H2,1H3;1H. The number of hydrogen-bond acceptors (Lipinski definition) is 4. The number of carbonyl (C=O) groups is 1. The van der Waals surface area contributed by atoms with E-state index in [4.69, 9.17) is 4.74 Å². The quantitative estimate of drug-likeness (QED) is 0.877. The van der Waals surface area contributed by atoms with Crippen molar-refractivity contribution in [3.8, 4) is 11.5 Å². The van der Waals surface area contributed by atoms with Crippen molar-refractivity contribution in [3.05, 3.63) is 23.8 Å². The van der Waals surface area contributed by atoms with Crippen LogP contribution in [0.3, 0.4) is 0 Å². The summed E-state index contributed by atoms with van der Waals surface area (Å²) in [5.74, 6) is -0.0361. The highest BCUT2D eigenvalue weighted by Gasteiger charge is 2.38. The number of hydrogen-bond donors (Lipinski definition) is 1. The molecule has 140 valence electrons. The average molecular weight is 377 g/mol. The van der Waals surface area contributed by atoms with Crippen LogP contribution >= 0.6 is 12.4 Å². The molecule has 2 saturated heterocycles. The third kappa shape index (κ3) is 4.33. The van der Waals surface area contributed by atoms with Gasteiger partial charge in [-0.3, -0.25) is 4.79 Å². The fourth-order valence-electron chi connectivity index (χ4n) is 3.58. The highest BCUT2D eigenvalue weighted by atomic mass is 35.5. The van der Waals surface area contributed by atoms with Crippen LogP contribution in [-0.4, -0.2) is 50.7 Å². The predicted molar refractivity (Wildman–Crippen MR) is 91.9 cm³/mol. The molecular formula is C17H23ClF2N2O3. The average Bonchev–Trinajstić information content (AvgIpc) is 3.03. The Bertz CT molecular complexity index is 600. The molecule has 1 spiro atoms. The van der Waals surface area contributed by atoms with E-state index in [-0.39, 0.29) is 29.8 Å². The minimum atomic E-state index is -2.93. The molecule has 8 heteroatoms. The first-order valence-electron chi connectivity index (χ1n) is 8.16. The van der Waals surface area contributed by atoms with Crippen molar-refractivity contribution in [2.45, 2.75) is 25.9 Å². The molecule has 0 aromatic heterocycles. The number of ether oxygens (including phenoxy) is 2. The van der Waals surface area contributed by atoms with Crippen LogP contribution in [0.2, 0.25) is 0 Å². The molecule has 0 unspecified atom stereocenters. The summed E-state index contributed by atoms with van der Waals surface area (Å²) >= 11 is 0. The lowest BCUT2D eigenvalue weighted by molar-refractivity contribution is -0.0512. The monoisotopic (exact) mass is 376 g/mol. The molecule has 1 aromatic rings. The molecule has 2 aliphatic rings. The van der Waals surface area contributed by atoms with E-state index < -0.39 is 6.61 Å². The third-order valence-electron chi connectivity index (χ3n) is 5.07. The number of piperidine rings is 1. The molecule has 0 radical (unpaired) electrons. The Morgan fingerprint density at radius 2 is 1.96 bits per heavy atom. The van der Waals surface area contributed by atoms with Gasteiger partial charge in [0.2, 0.25) is 0 Å². The number of carbonyl (C=O) groups excluding carboxylic acids is 1. The molecule has 1 N–H and O–H groups in total. The molecule has 1 aromatic carbocycles. The van der Waals surface area contributed by atoms with Gasteiger partial charge in [0.15, 0.2) is 11.5 Å². The largest absolute Gasteiger partial charge is 0.493 e. The van der Waals surface area contributed by atoms with E-state index in [9.17, 15) is 13.6 Å². The van der Waals surface area contributed by atoms with Gasteiger partial charge in [0.1, 0.15) is 0 Å². The lowest BCUT2D eigenvalue weighted by Crippen LogP contribution is -2.44. The molecule has 2 fully saturated rings. The van der Waals surface area contributed by atoms with Gasteiger partial charge in [0, 0.05) is 25.2 Å². The molecule has 0 saturated carbocycles. The van der Waals surface area contributed by atoms with Gasteiger partial charge < -0.3 is 19.7 Å². The number of rotatable bonds is 4. The lowest BCUT2D eigenvalue weighted by atomic mass is 9.78. The van der Waals surface area contributed by atoms with Gasteiger partial charge in [0.05, 0.1) is 7.11 Å². The highest BCUT2D eigenvalue weighted by Crippen LogP contribution is 2.37. The summed E-state index contributed by atoms with van der Waals surface area (Å²) in [6, 6.07) is 4.32. The summed E-state index contributed by atoms with van der Waals surface area (Å²) in [4.78, 5) is 14.5. The maximum Gasteiger partial charge on any atom is 0.387 e. The number of benzene rings is 1. The topological polar surface area (TPSA) is 50.8 Å². The number of likely N-dealkylation sites (tertiary alicyclic amines) is 1. The van der Waals surface area contributed by atoms with Crippen molar-refractivity contribution in [3.63, 3.8) is 0 Å². The lowest BCUT2D eigenvalue weighted by Gasteiger charge is -2.39. The second kappa shape index (κ2) is 8.19. The normalized spacial score (nSPS) is 19.0. The zero-order valence-corrected chi connectivity index (χ0v) is 14.9. The van der Waals surface area contributed by atoms with Gasteiger partial charge in [-0.15, -0.1) is 12.4 Å². The Morgan fingerprint density at radius 3 is 2.52 bits per heavy atom. The summed E-state index contributed by atoms with van der Waals surface area (Å²) in [5.41, 5.74) is 0.762. The Balaban J connectivity index is 0.00000225. The van der Waals surface area contributed by atoms with Crippen LogP contribution in [0.25, 0.3) is 0 Å². The summed E-state index contributed by atoms with van der Waals surface area (Å²) in [7, 11) is 1.36. The van der Waals surface area contributed by atoms with Crippen LogP contribution < -0.4 is 14.8 Å². The summed E-state index contributed by atoms with van der Waals surface area (Å²) in [6.45, 7) is 0.592. The minimum Gasteiger partial charge on any atom is -0.493 e. The maximum absolute atomic E-state index is 12.7. The van der Waals surface area contributed by atoms with E-state index in [2.05, 4.69) is 10.1 Å². The molecule has 3 rings (SSSR count). The zero-order chi connectivity index (χ0) is 17.2. The maximum atomic E-state index is 12.7. The van der Waals surface area contributed by atoms with E-state index in [1.165, 1.54) is 31.7 Å². The van der Waals surface area contributed by atoms with Gasteiger partial charge in [-0.1, -0.05) is 0 Å². The van der Waals surface area contributed by atoms with E-state index in [1.54, 1.807) is 0 Å². The molecule has 1 amide bonds. The molecule has 0 atom stereocenters. The number of halogens is 3. The van der Waals surface area contributed by atoms with Crippen LogP contribution in [0.15, 0.2) is 18.2 Å². The molecule has 0 aliphatic carbocycles. The Labute approximate surface area is 152 Å². The molecule has 5 nitrogen and oxygen atoms in total. The van der Waals surface area contributed by atoms with Crippen LogP contribution in [0.5, 0.6) is 11.5 Å². The van der Waals surface area contributed by atoms with Crippen LogP contribution in [-0.2, 0) is 0 Å². The second-order valence-electron chi connectivity index (χ2n) is 6.46. The van der Waals surface area contributed by atoms with Crippen LogP contribution in [0.1, 0.15) is 29.6 Å². The van der Waals surface area contributed by atoms with E-state index in [0.29, 0.717) is 11.0 Å². The Morgan fingerprint density at radius 1 is 1.24 bits per heavy atom. The Hall–Kier alpha value is -1.60. The predicted octanol–water partition coefficient (Wildman–Crippen LogP) is 2.93. The van der Waals surface area contributed by atoms with Crippen molar-refractivity contribution in [2.75, 3.05) is 33.3 Å². The van der Waals surface area contributed by atoms with Crippen molar-refractivity contribution in [1.82, 2.24) is 10.2 Å². The van der Waals surface area contributed by atoms with Gasteiger partial charge in [-0.2, -0.15) is 8.78 Å². The minimum absolute atomic E-state index is 0. The summed E-state index contributed by atoms with van der Waals surface area (Å²) < 4.78 is 34.2. The number of nitrogens with zero attached hydrogens (tertiary/aromatic N) is 1. The smallest absolute Gasteiger partial charge is 0.387 e. The number of amides is 1. The van der Waals surface area contributed by atoms with E-state index in [0.717, 1.165) is 39.0 Å². The van der Waals surface area contributed by atoms with Crippen molar-refractivity contribution in [2.24, 2.45) is 5.41 Å². The van der Waals surface area contributed by atoms with Crippen LogP contribution in [0, 0.1) is 5.41 Å². The second-order valence-corrected chi connectivity index (χ2v) is 6.46. The first-order valence-corrected chi connectivity index (χ1v) is 8.16. The zero-order valence-electron chi connectivity index (χ0n) is 14.1. The molecule has 0 bridgehead atoms. The van der Waals surface area contributed by atoms with Crippen molar-refractivity contribution >= 4 is 18.3 Å². The van der Waals surface area contributed by atoms with Gasteiger partial charge in [0.25, 0.3) is 5.91 Å². The van der Waals surface area contributed by atoms with Crippen molar-refractivity contribution < 1.29 is 23.0 Å². The van der Waals surface area contributed by atoms with E-state index >= 15 is 0 Å². The summed E-state index contributed by atoms with van der Waals surface area (Å²) in [5, 5.41) is 3.40. The molecule has 25 heavy (non-hydrogen) atoms. The van der Waals surface area contributed by atoms with Gasteiger partial charge in [-0.25, -0.2) is 0 Å². The van der Waals surface area contributed by atoms with E-state index in [1.807, 2.05) is 4.90 Å². The molecular weight excluding hydrogens is 354 g/mol. The van der Waals surface area contributed by atoms with Crippen LogP contribution in [0.4, 0.5) is 8.78 Å². The molecule has 2 aliphatic heterocycles. The van der Waals surface area contributed by atoms with Gasteiger partial charge in [-0.05, 0) is 49.4 Å². The first kappa shape index (κ1) is 19.7. The summed E-state index contributed by atoms with van der Waals surface area (Å²) in [6.07, 6.45) is 3.16. The van der Waals surface area contributed by atoms with Crippen molar-refractivity contribution in [1.29, 1.82) is 0 Å². The third-order valence-corrected chi connectivity index (χ3v) is 5.07. The number of nitrogens with one attached hydrogen (secondary N) is 1. The van der Waals surface area contributed by atoms with Gasteiger partial charge >= 0.3 is 6.61 Å². The number of methoxy groups -OCH3 is 1. The fraction of sp³-hybridized carbons (Fsp3) is 0.588. The number of alkyl halides is 2. The first-order chi connectivity index (χ1) is 11.5. The SMILES string of the molecule is COc1cc(C(=O)N2CCC3(CCNC3)CC2)ccc1OC(F)F.Cl. The highest BCUT2D eigenvalue weighted by molar-refractivity contribution is 5.95.